The monoisotopic (exact) mass is 422 g/mol. The van der Waals surface area contributed by atoms with Gasteiger partial charge in [-0.15, -0.1) is 0 Å². The third-order valence-corrected chi connectivity index (χ3v) is 4.85. The minimum absolute atomic E-state index is 0.0120. The number of nitro groups is 1. The average molecular weight is 423 g/mol. The van der Waals surface area contributed by atoms with Crippen LogP contribution in [0.1, 0.15) is 10.4 Å². The molecule has 0 unspecified atom stereocenters. The molecule has 8 nitrogen and oxygen atoms in total. The van der Waals surface area contributed by atoms with E-state index >= 15 is 0 Å². The van der Waals surface area contributed by atoms with Gasteiger partial charge in [-0.2, -0.15) is 0 Å². The summed E-state index contributed by atoms with van der Waals surface area (Å²) in [5.74, 6) is 0.455. The lowest BCUT2D eigenvalue weighted by Gasteiger charge is -2.12. The molecule has 4 aromatic rings. The topological polar surface area (TPSA) is 110 Å². The zero-order chi connectivity index (χ0) is 21.3. The Morgan fingerprint density at radius 1 is 1.17 bits per heavy atom. The lowest BCUT2D eigenvalue weighted by Crippen LogP contribution is -2.13. The number of imidazole rings is 1. The molecule has 0 saturated carbocycles. The van der Waals surface area contributed by atoms with Gasteiger partial charge < -0.3 is 15.0 Å². The molecular weight excluding hydrogens is 408 g/mol. The van der Waals surface area contributed by atoms with Crippen molar-refractivity contribution in [2.24, 2.45) is 0 Å². The molecular formula is C21H15ClN4O4. The van der Waals surface area contributed by atoms with Crippen molar-refractivity contribution in [2.45, 2.75) is 0 Å². The van der Waals surface area contributed by atoms with Crippen LogP contribution in [0.5, 0.6) is 5.75 Å². The van der Waals surface area contributed by atoms with Gasteiger partial charge in [-0.25, -0.2) is 4.98 Å². The van der Waals surface area contributed by atoms with Crippen LogP contribution in [0.3, 0.4) is 0 Å². The highest BCUT2D eigenvalue weighted by molar-refractivity contribution is 6.34. The number of hydrogen-bond acceptors (Lipinski definition) is 5. The number of nitrogens with zero attached hydrogens (tertiary/aromatic N) is 2. The number of fused-ring (bicyclic) bond motifs is 1. The molecule has 0 fully saturated rings. The van der Waals surface area contributed by atoms with Crippen LogP contribution in [0.4, 0.5) is 11.4 Å². The number of aromatic nitrogens is 2. The summed E-state index contributed by atoms with van der Waals surface area (Å²) in [6, 6.07) is 16.5. The number of amides is 1. The maximum absolute atomic E-state index is 12.8. The summed E-state index contributed by atoms with van der Waals surface area (Å²) in [5.41, 5.74) is 2.57. The van der Waals surface area contributed by atoms with Crippen LogP contribution >= 0.6 is 11.6 Å². The minimum Gasteiger partial charge on any atom is -0.495 e. The van der Waals surface area contributed by atoms with Crippen molar-refractivity contribution in [3.63, 3.8) is 0 Å². The highest BCUT2D eigenvalue weighted by Gasteiger charge is 2.18. The van der Waals surface area contributed by atoms with Crippen molar-refractivity contribution in [2.75, 3.05) is 12.4 Å². The zero-order valence-corrected chi connectivity index (χ0v) is 16.4. The third-order valence-electron chi connectivity index (χ3n) is 4.52. The zero-order valence-electron chi connectivity index (χ0n) is 15.7. The van der Waals surface area contributed by atoms with Crippen LogP contribution in [-0.4, -0.2) is 27.9 Å². The van der Waals surface area contributed by atoms with Gasteiger partial charge in [-0.3, -0.25) is 14.9 Å². The fourth-order valence-electron chi connectivity index (χ4n) is 3.03. The Hall–Kier alpha value is -3.91. The number of carbonyl (C=O) groups excluding carboxylic acids is 1. The molecule has 0 atom stereocenters. The molecule has 3 aromatic carbocycles. The summed E-state index contributed by atoms with van der Waals surface area (Å²) < 4.78 is 5.34. The van der Waals surface area contributed by atoms with E-state index in [1.807, 2.05) is 30.3 Å². The van der Waals surface area contributed by atoms with Crippen molar-refractivity contribution in [1.82, 2.24) is 9.97 Å². The Labute approximate surface area is 175 Å². The van der Waals surface area contributed by atoms with E-state index in [0.717, 1.165) is 22.7 Å². The maximum Gasteiger partial charge on any atom is 0.270 e. The number of methoxy groups -OCH3 is 1. The quantitative estimate of drug-likeness (QED) is 0.345. The van der Waals surface area contributed by atoms with Gasteiger partial charge >= 0.3 is 0 Å². The first-order valence-corrected chi connectivity index (χ1v) is 9.22. The van der Waals surface area contributed by atoms with Crippen molar-refractivity contribution >= 4 is 39.9 Å². The highest BCUT2D eigenvalue weighted by Crippen LogP contribution is 2.32. The van der Waals surface area contributed by atoms with Gasteiger partial charge in [0.15, 0.2) is 0 Å². The number of nitro benzene ring substituents is 1. The molecule has 0 bridgehead atoms. The lowest BCUT2D eigenvalue weighted by molar-refractivity contribution is -0.384. The van der Waals surface area contributed by atoms with Gasteiger partial charge in [0.05, 0.1) is 39.3 Å². The number of anilines is 1. The summed E-state index contributed by atoms with van der Waals surface area (Å²) >= 11 is 6.08. The van der Waals surface area contributed by atoms with E-state index in [1.54, 1.807) is 12.1 Å². The van der Waals surface area contributed by atoms with Crippen LogP contribution in [-0.2, 0) is 0 Å². The first kappa shape index (κ1) is 19.4. The predicted molar refractivity (Wildman–Crippen MR) is 114 cm³/mol. The molecule has 1 amide bonds. The van der Waals surface area contributed by atoms with E-state index in [1.165, 1.54) is 19.2 Å². The number of para-hydroxylation sites is 2. The summed E-state index contributed by atoms with van der Waals surface area (Å²) in [6.07, 6.45) is 0. The number of aromatic amines is 1. The van der Waals surface area contributed by atoms with E-state index in [9.17, 15) is 14.9 Å². The number of carbonyl (C=O) groups is 1. The first-order chi connectivity index (χ1) is 14.5. The second kappa shape index (κ2) is 7.84. The van der Waals surface area contributed by atoms with E-state index in [0.29, 0.717) is 17.3 Å². The second-order valence-corrected chi connectivity index (χ2v) is 6.80. The fraction of sp³-hybridized carbons (Fsp3) is 0.0476. The van der Waals surface area contributed by atoms with Crippen molar-refractivity contribution in [3.05, 3.63) is 81.4 Å². The van der Waals surface area contributed by atoms with Crippen LogP contribution in [0.25, 0.3) is 22.4 Å². The molecule has 4 rings (SSSR count). The summed E-state index contributed by atoms with van der Waals surface area (Å²) in [5, 5.41) is 13.8. The van der Waals surface area contributed by atoms with Gasteiger partial charge in [0.1, 0.15) is 11.6 Å². The minimum atomic E-state index is -0.594. The van der Waals surface area contributed by atoms with Crippen LogP contribution < -0.4 is 10.1 Å². The lowest BCUT2D eigenvalue weighted by atomic mass is 10.1. The number of halogens is 1. The molecule has 150 valence electrons. The molecule has 0 saturated heterocycles. The molecule has 30 heavy (non-hydrogen) atoms. The standard InChI is InChI=1S/C21H15ClN4O4/c1-30-19-9-6-12(20-23-16-4-2-3-5-17(16)24-20)10-18(19)25-21(27)14-11-13(26(28)29)7-8-15(14)22/h2-11H,1H3,(H,23,24)(H,25,27). The fourth-order valence-corrected chi connectivity index (χ4v) is 3.24. The third kappa shape index (κ3) is 3.68. The molecule has 0 radical (unpaired) electrons. The molecule has 0 spiro atoms. The number of rotatable bonds is 5. The molecule has 1 aromatic heterocycles. The Morgan fingerprint density at radius 3 is 2.70 bits per heavy atom. The Morgan fingerprint density at radius 2 is 1.97 bits per heavy atom. The van der Waals surface area contributed by atoms with E-state index in [-0.39, 0.29) is 16.3 Å². The Bertz CT molecular complexity index is 1250. The molecule has 0 aliphatic heterocycles. The van der Waals surface area contributed by atoms with Gasteiger partial charge in [-0.1, -0.05) is 23.7 Å². The number of nitrogens with one attached hydrogen (secondary N) is 2. The predicted octanol–water partition coefficient (Wildman–Crippen LogP) is 5.05. The molecule has 2 N–H and O–H groups in total. The normalized spacial score (nSPS) is 10.7. The van der Waals surface area contributed by atoms with Gasteiger partial charge in [0.2, 0.25) is 0 Å². The smallest absolute Gasteiger partial charge is 0.270 e. The van der Waals surface area contributed by atoms with Crippen molar-refractivity contribution < 1.29 is 14.5 Å². The van der Waals surface area contributed by atoms with Gasteiger partial charge in [-0.05, 0) is 36.4 Å². The van der Waals surface area contributed by atoms with Crippen molar-refractivity contribution in [1.29, 1.82) is 0 Å². The summed E-state index contributed by atoms with van der Waals surface area (Å²) in [6.45, 7) is 0. The largest absolute Gasteiger partial charge is 0.495 e. The van der Waals surface area contributed by atoms with E-state index < -0.39 is 10.8 Å². The average Bonchev–Trinajstić information content (AvgIpc) is 3.18. The highest BCUT2D eigenvalue weighted by atomic mass is 35.5. The van der Waals surface area contributed by atoms with Crippen LogP contribution in [0.15, 0.2) is 60.7 Å². The Balaban J connectivity index is 1.70. The Kier molecular flexibility index (Phi) is 5.07. The van der Waals surface area contributed by atoms with E-state index in [2.05, 4.69) is 15.3 Å². The van der Waals surface area contributed by atoms with Crippen LogP contribution in [0.2, 0.25) is 5.02 Å². The van der Waals surface area contributed by atoms with Gasteiger partial charge in [0.25, 0.3) is 11.6 Å². The second-order valence-electron chi connectivity index (χ2n) is 6.39. The number of H-pyrrole nitrogens is 1. The maximum atomic E-state index is 12.8. The molecule has 9 heteroatoms. The number of ether oxygens (including phenoxy) is 1. The summed E-state index contributed by atoms with van der Waals surface area (Å²) in [7, 11) is 1.48. The molecule has 0 aliphatic rings. The number of non-ortho nitro benzene ring substituents is 1. The molecule has 1 heterocycles. The van der Waals surface area contributed by atoms with Gasteiger partial charge in [0, 0.05) is 17.7 Å². The van der Waals surface area contributed by atoms with Crippen LogP contribution in [0, 0.1) is 10.1 Å². The van der Waals surface area contributed by atoms with E-state index in [4.69, 9.17) is 16.3 Å². The number of benzene rings is 3. The van der Waals surface area contributed by atoms with Crippen molar-refractivity contribution in [3.8, 4) is 17.1 Å². The summed E-state index contributed by atoms with van der Waals surface area (Å²) in [4.78, 5) is 31.0. The SMILES string of the molecule is COc1ccc(-c2nc3ccccc3[nH]2)cc1NC(=O)c1cc([N+](=O)[O-])ccc1Cl. The molecule has 0 aliphatic carbocycles. The first-order valence-electron chi connectivity index (χ1n) is 8.84. The number of hydrogen-bond donors (Lipinski definition) is 2.